The molecule has 0 atom stereocenters. The zero-order valence-corrected chi connectivity index (χ0v) is 14.2. The number of nitrogens with zero attached hydrogens (tertiary/aromatic N) is 1. The van der Waals surface area contributed by atoms with Crippen LogP contribution in [0.1, 0.15) is 18.1 Å². The molecule has 5 heteroatoms. The summed E-state index contributed by atoms with van der Waals surface area (Å²) in [5.74, 6) is 1.20. The van der Waals surface area contributed by atoms with Gasteiger partial charge in [-0.05, 0) is 49.2 Å². The first kappa shape index (κ1) is 17.5. The molecule has 0 radical (unpaired) electrons. The van der Waals surface area contributed by atoms with E-state index < -0.39 is 0 Å². The van der Waals surface area contributed by atoms with Gasteiger partial charge in [-0.3, -0.25) is 4.79 Å². The van der Waals surface area contributed by atoms with Gasteiger partial charge in [-0.25, -0.2) is 5.43 Å². The molecule has 0 saturated heterocycles. The van der Waals surface area contributed by atoms with E-state index in [0.717, 1.165) is 22.6 Å². The first-order valence-electron chi connectivity index (χ1n) is 7.71. The third kappa shape index (κ3) is 5.76. The highest BCUT2D eigenvalue weighted by molar-refractivity contribution is 5.86. The van der Waals surface area contributed by atoms with Crippen molar-refractivity contribution in [2.24, 2.45) is 5.10 Å². The molecule has 24 heavy (non-hydrogen) atoms. The number of ether oxygens (including phenoxy) is 2. The summed E-state index contributed by atoms with van der Waals surface area (Å²) in [7, 11) is 1.63. The number of methoxy groups -OCH3 is 1. The average Bonchev–Trinajstić information content (AvgIpc) is 2.59. The van der Waals surface area contributed by atoms with Gasteiger partial charge in [0.25, 0.3) is 5.91 Å². The third-order valence-corrected chi connectivity index (χ3v) is 3.35. The molecule has 2 rings (SSSR count). The summed E-state index contributed by atoms with van der Waals surface area (Å²) in [6.07, 6.45) is 0.656. The van der Waals surface area contributed by atoms with Crippen LogP contribution < -0.4 is 14.9 Å². The van der Waals surface area contributed by atoms with E-state index in [2.05, 4.69) is 10.5 Å². The van der Waals surface area contributed by atoms with Gasteiger partial charge in [0.05, 0.1) is 7.11 Å². The van der Waals surface area contributed by atoms with Gasteiger partial charge in [0.2, 0.25) is 0 Å². The fourth-order valence-electron chi connectivity index (χ4n) is 2.12. The Balaban J connectivity index is 1.79. The molecular weight excluding hydrogens is 304 g/mol. The van der Waals surface area contributed by atoms with Crippen LogP contribution in [-0.2, 0) is 11.2 Å². The highest BCUT2D eigenvalue weighted by atomic mass is 16.5. The van der Waals surface area contributed by atoms with Gasteiger partial charge >= 0.3 is 0 Å². The fourth-order valence-corrected chi connectivity index (χ4v) is 2.12. The number of carbonyl (C=O) groups excluding carboxylic acids is 1. The van der Waals surface area contributed by atoms with Crippen LogP contribution >= 0.6 is 0 Å². The average molecular weight is 326 g/mol. The van der Waals surface area contributed by atoms with Crippen LogP contribution in [0.15, 0.2) is 53.6 Å². The van der Waals surface area contributed by atoms with Crippen molar-refractivity contribution >= 4 is 11.6 Å². The Morgan fingerprint density at radius 1 is 1.12 bits per heavy atom. The van der Waals surface area contributed by atoms with Crippen molar-refractivity contribution < 1.29 is 14.3 Å². The molecule has 1 amide bonds. The van der Waals surface area contributed by atoms with E-state index in [-0.39, 0.29) is 12.5 Å². The van der Waals surface area contributed by atoms with Gasteiger partial charge in [-0.2, -0.15) is 5.10 Å². The van der Waals surface area contributed by atoms with Crippen molar-refractivity contribution in [3.63, 3.8) is 0 Å². The topological polar surface area (TPSA) is 59.9 Å². The molecule has 0 unspecified atom stereocenters. The summed E-state index contributed by atoms with van der Waals surface area (Å²) in [4.78, 5) is 11.8. The highest BCUT2D eigenvalue weighted by Crippen LogP contribution is 2.12. The van der Waals surface area contributed by atoms with Gasteiger partial charge in [-0.1, -0.05) is 24.3 Å². The van der Waals surface area contributed by atoms with E-state index in [1.54, 1.807) is 7.11 Å². The largest absolute Gasteiger partial charge is 0.497 e. The van der Waals surface area contributed by atoms with E-state index in [0.29, 0.717) is 12.2 Å². The van der Waals surface area contributed by atoms with Gasteiger partial charge in [0.15, 0.2) is 6.61 Å². The summed E-state index contributed by atoms with van der Waals surface area (Å²) < 4.78 is 10.6. The predicted molar refractivity (Wildman–Crippen MR) is 94.6 cm³/mol. The van der Waals surface area contributed by atoms with E-state index >= 15 is 0 Å². The molecule has 5 nitrogen and oxygen atoms in total. The number of benzene rings is 2. The zero-order valence-electron chi connectivity index (χ0n) is 14.2. The smallest absolute Gasteiger partial charge is 0.277 e. The van der Waals surface area contributed by atoms with Gasteiger partial charge < -0.3 is 9.47 Å². The molecule has 0 fully saturated rings. The first-order valence-corrected chi connectivity index (χ1v) is 7.71. The number of carbonyl (C=O) groups is 1. The standard InChI is InChI=1S/C19H22N2O3/c1-14-5-4-6-18(11-14)24-13-19(22)21-20-15(2)12-16-7-9-17(23-3)10-8-16/h4-11H,12-13H2,1-3H3,(H,21,22)/b20-15-. The Labute approximate surface area is 142 Å². The quantitative estimate of drug-likeness (QED) is 0.628. The van der Waals surface area contributed by atoms with Gasteiger partial charge in [-0.15, -0.1) is 0 Å². The normalized spacial score (nSPS) is 11.0. The molecule has 0 aliphatic rings. The van der Waals surface area contributed by atoms with E-state index in [9.17, 15) is 4.79 Å². The molecule has 2 aromatic rings. The van der Waals surface area contributed by atoms with Gasteiger partial charge in [0.1, 0.15) is 11.5 Å². The second kappa shape index (κ2) is 8.72. The molecule has 0 heterocycles. The number of aryl methyl sites for hydroxylation is 1. The minimum atomic E-state index is -0.286. The Morgan fingerprint density at radius 2 is 1.88 bits per heavy atom. The SMILES string of the molecule is COc1ccc(C/C(C)=N\NC(=O)COc2cccc(C)c2)cc1. The lowest BCUT2D eigenvalue weighted by Gasteiger charge is -2.07. The molecule has 0 spiro atoms. The predicted octanol–water partition coefficient (Wildman–Crippen LogP) is 3.12. The summed E-state index contributed by atoms with van der Waals surface area (Å²) in [5, 5.41) is 4.10. The maximum Gasteiger partial charge on any atom is 0.277 e. The summed E-state index contributed by atoms with van der Waals surface area (Å²) in [6.45, 7) is 3.77. The maximum absolute atomic E-state index is 11.8. The molecule has 126 valence electrons. The van der Waals surface area contributed by atoms with Crippen LogP contribution in [-0.4, -0.2) is 25.3 Å². The van der Waals surface area contributed by atoms with Crippen molar-refractivity contribution in [2.45, 2.75) is 20.3 Å². The van der Waals surface area contributed by atoms with Crippen molar-refractivity contribution in [3.05, 3.63) is 59.7 Å². The molecule has 0 aliphatic carbocycles. The highest BCUT2D eigenvalue weighted by Gasteiger charge is 2.03. The van der Waals surface area contributed by atoms with Crippen LogP contribution in [0.25, 0.3) is 0 Å². The number of hydrazone groups is 1. The lowest BCUT2D eigenvalue weighted by atomic mass is 10.1. The summed E-state index contributed by atoms with van der Waals surface area (Å²) >= 11 is 0. The monoisotopic (exact) mass is 326 g/mol. The molecule has 1 N–H and O–H groups in total. The number of amides is 1. The molecular formula is C19H22N2O3. The lowest BCUT2D eigenvalue weighted by Crippen LogP contribution is -2.25. The van der Waals surface area contributed by atoms with Crippen LogP contribution in [0, 0.1) is 6.92 Å². The van der Waals surface area contributed by atoms with Crippen molar-refractivity contribution in [1.29, 1.82) is 0 Å². The van der Waals surface area contributed by atoms with E-state index in [4.69, 9.17) is 9.47 Å². The lowest BCUT2D eigenvalue weighted by molar-refractivity contribution is -0.123. The molecule has 0 aromatic heterocycles. The van der Waals surface area contributed by atoms with Crippen molar-refractivity contribution in [1.82, 2.24) is 5.43 Å². The molecule has 0 bridgehead atoms. The van der Waals surface area contributed by atoms with E-state index in [1.807, 2.05) is 62.4 Å². The second-order valence-electron chi connectivity index (χ2n) is 5.51. The Bertz CT molecular complexity index is 709. The molecule has 0 saturated carbocycles. The maximum atomic E-state index is 11.8. The summed E-state index contributed by atoms with van der Waals surface area (Å²) in [5.41, 5.74) is 5.50. The molecule has 0 aliphatic heterocycles. The zero-order chi connectivity index (χ0) is 17.4. The minimum absolute atomic E-state index is 0.0667. The fraction of sp³-hybridized carbons (Fsp3) is 0.263. The number of rotatable bonds is 7. The first-order chi connectivity index (χ1) is 11.6. The van der Waals surface area contributed by atoms with Gasteiger partial charge in [0, 0.05) is 12.1 Å². The van der Waals surface area contributed by atoms with Crippen molar-refractivity contribution in [3.8, 4) is 11.5 Å². The van der Waals surface area contributed by atoms with E-state index in [1.165, 1.54) is 0 Å². The number of nitrogens with one attached hydrogen (secondary N) is 1. The summed E-state index contributed by atoms with van der Waals surface area (Å²) in [6, 6.07) is 15.3. The van der Waals surface area contributed by atoms with Crippen LogP contribution in [0.4, 0.5) is 0 Å². The van der Waals surface area contributed by atoms with Crippen LogP contribution in [0.2, 0.25) is 0 Å². The molecule has 2 aromatic carbocycles. The number of hydrogen-bond donors (Lipinski definition) is 1. The van der Waals surface area contributed by atoms with Crippen molar-refractivity contribution in [2.75, 3.05) is 13.7 Å². The number of hydrogen-bond acceptors (Lipinski definition) is 4. The Kier molecular flexibility index (Phi) is 6.37. The Hall–Kier alpha value is -2.82. The minimum Gasteiger partial charge on any atom is -0.497 e. The second-order valence-corrected chi connectivity index (χ2v) is 5.51. The Morgan fingerprint density at radius 3 is 2.54 bits per heavy atom. The third-order valence-electron chi connectivity index (χ3n) is 3.35. The van der Waals surface area contributed by atoms with Crippen LogP contribution in [0.3, 0.4) is 0 Å². The van der Waals surface area contributed by atoms with Crippen LogP contribution in [0.5, 0.6) is 11.5 Å².